The fraction of sp³-hybridized carbons (Fsp3) is 0.143. The van der Waals surface area contributed by atoms with E-state index in [2.05, 4.69) is 9.97 Å². The molecule has 2 heterocycles. The van der Waals surface area contributed by atoms with Crippen molar-refractivity contribution in [2.45, 2.75) is 13.8 Å². The Kier molecular flexibility index (Phi) is 2.71. The van der Waals surface area contributed by atoms with Gasteiger partial charge in [0.05, 0.1) is 5.69 Å². The van der Waals surface area contributed by atoms with Crippen LogP contribution in [-0.2, 0) is 0 Å². The van der Waals surface area contributed by atoms with E-state index in [9.17, 15) is 4.39 Å². The van der Waals surface area contributed by atoms with Crippen LogP contribution in [0.5, 0.6) is 0 Å². The Hall–Kier alpha value is -2.01. The molecule has 0 bridgehead atoms. The molecule has 0 spiro atoms. The molecular weight excluding hydrogens is 263 g/mol. The second-order valence-electron chi connectivity index (χ2n) is 4.42. The van der Waals surface area contributed by atoms with Crippen LogP contribution in [0.15, 0.2) is 28.7 Å². The van der Waals surface area contributed by atoms with Gasteiger partial charge in [-0.3, -0.25) is 0 Å². The van der Waals surface area contributed by atoms with Crippen molar-refractivity contribution in [3.63, 3.8) is 0 Å². The minimum atomic E-state index is -0.293. The molecule has 0 aliphatic heterocycles. The molecule has 3 aromatic rings. The van der Waals surface area contributed by atoms with Crippen LogP contribution >= 0.6 is 12.2 Å². The summed E-state index contributed by atoms with van der Waals surface area (Å²) in [6.45, 7) is 3.81. The number of nitrogens with zero attached hydrogens (tertiary/aromatic N) is 1. The van der Waals surface area contributed by atoms with Crippen LogP contribution in [0.4, 0.5) is 4.39 Å². The monoisotopic (exact) mass is 274 g/mol. The number of furan rings is 1. The number of H-pyrrole nitrogens is 1. The van der Waals surface area contributed by atoms with E-state index in [1.807, 2.05) is 13.8 Å². The first kappa shape index (κ1) is 12.0. The fourth-order valence-electron chi connectivity index (χ4n) is 1.92. The van der Waals surface area contributed by atoms with Gasteiger partial charge in [0, 0.05) is 11.1 Å². The number of hydrogen-bond acceptors (Lipinski definition) is 3. The summed E-state index contributed by atoms with van der Waals surface area (Å²) in [5.74, 6) is 0.253. The van der Waals surface area contributed by atoms with Gasteiger partial charge in [-0.2, -0.15) is 0 Å². The van der Waals surface area contributed by atoms with Crippen molar-refractivity contribution in [3.05, 3.63) is 46.1 Å². The van der Waals surface area contributed by atoms with Crippen LogP contribution in [0.1, 0.15) is 11.4 Å². The lowest BCUT2D eigenvalue weighted by Crippen LogP contribution is -1.95. The zero-order valence-electron chi connectivity index (χ0n) is 10.5. The Morgan fingerprint density at radius 3 is 2.84 bits per heavy atom. The topological polar surface area (TPSA) is 41.8 Å². The van der Waals surface area contributed by atoms with Crippen molar-refractivity contribution >= 4 is 23.2 Å². The smallest absolute Gasteiger partial charge is 0.156 e. The van der Waals surface area contributed by atoms with E-state index in [1.165, 1.54) is 12.1 Å². The lowest BCUT2D eigenvalue weighted by atomic mass is 10.2. The molecule has 2 aromatic heterocycles. The third-order valence-electron chi connectivity index (χ3n) is 3.05. The Bertz CT molecular complexity index is 835. The maximum absolute atomic E-state index is 13.2. The standard InChI is InChI=1S/C14H11FN2OS/c1-7-8(2)17-14(19)13(16-7)12-6-9-5-10(15)3-4-11(9)18-12/h3-6H,1-2H3,(H,17,19). The number of nitrogens with one attached hydrogen (secondary N) is 1. The van der Waals surface area contributed by atoms with E-state index in [-0.39, 0.29) is 5.82 Å². The highest BCUT2D eigenvalue weighted by Crippen LogP contribution is 2.27. The summed E-state index contributed by atoms with van der Waals surface area (Å²) in [4.78, 5) is 7.52. The molecule has 0 saturated heterocycles. The van der Waals surface area contributed by atoms with E-state index in [1.54, 1.807) is 12.1 Å². The largest absolute Gasteiger partial charge is 0.454 e. The molecule has 0 saturated carbocycles. The molecule has 1 aromatic carbocycles. The van der Waals surface area contributed by atoms with Crippen LogP contribution in [0, 0.1) is 24.3 Å². The Morgan fingerprint density at radius 2 is 2.05 bits per heavy atom. The van der Waals surface area contributed by atoms with Gasteiger partial charge >= 0.3 is 0 Å². The van der Waals surface area contributed by atoms with E-state index in [0.29, 0.717) is 27.1 Å². The number of aromatic nitrogens is 2. The summed E-state index contributed by atoms with van der Waals surface area (Å²) in [6.07, 6.45) is 0. The van der Waals surface area contributed by atoms with E-state index < -0.39 is 0 Å². The average Bonchev–Trinajstić information content (AvgIpc) is 2.76. The highest BCUT2D eigenvalue weighted by molar-refractivity contribution is 7.71. The zero-order chi connectivity index (χ0) is 13.6. The van der Waals surface area contributed by atoms with E-state index >= 15 is 0 Å². The van der Waals surface area contributed by atoms with Gasteiger partial charge in [0.1, 0.15) is 21.7 Å². The Morgan fingerprint density at radius 1 is 1.26 bits per heavy atom. The second-order valence-corrected chi connectivity index (χ2v) is 4.83. The number of halogens is 1. The fourth-order valence-corrected chi connectivity index (χ4v) is 2.22. The molecule has 0 fully saturated rings. The van der Waals surface area contributed by atoms with Gasteiger partial charge in [-0.05, 0) is 38.1 Å². The first-order valence-corrected chi connectivity index (χ1v) is 6.22. The van der Waals surface area contributed by atoms with Gasteiger partial charge in [0.25, 0.3) is 0 Å². The summed E-state index contributed by atoms with van der Waals surface area (Å²) in [6, 6.07) is 6.14. The molecule has 1 N–H and O–H groups in total. The van der Waals surface area contributed by atoms with Gasteiger partial charge in [-0.1, -0.05) is 12.2 Å². The summed E-state index contributed by atoms with van der Waals surface area (Å²) in [7, 11) is 0. The van der Waals surface area contributed by atoms with Gasteiger partial charge in [-0.15, -0.1) is 0 Å². The van der Waals surface area contributed by atoms with Crippen molar-refractivity contribution in [2.24, 2.45) is 0 Å². The highest BCUT2D eigenvalue weighted by Gasteiger charge is 2.11. The quantitative estimate of drug-likeness (QED) is 0.672. The van der Waals surface area contributed by atoms with Gasteiger partial charge in [-0.25, -0.2) is 9.37 Å². The molecule has 0 atom stereocenters. The normalized spacial score (nSPS) is 11.1. The molecule has 96 valence electrons. The summed E-state index contributed by atoms with van der Waals surface area (Å²) < 4.78 is 19.3. The minimum Gasteiger partial charge on any atom is -0.454 e. The molecular formula is C14H11FN2OS. The summed E-state index contributed by atoms with van der Waals surface area (Å²) >= 11 is 5.26. The van der Waals surface area contributed by atoms with Crippen LogP contribution in [0.2, 0.25) is 0 Å². The molecule has 19 heavy (non-hydrogen) atoms. The van der Waals surface area contributed by atoms with Crippen molar-refractivity contribution in [1.82, 2.24) is 9.97 Å². The third kappa shape index (κ3) is 2.06. The average molecular weight is 274 g/mol. The van der Waals surface area contributed by atoms with Gasteiger partial charge in [0.15, 0.2) is 5.76 Å². The maximum atomic E-state index is 13.2. The molecule has 0 unspecified atom stereocenters. The van der Waals surface area contributed by atoms with Crippen LogP contribution in [0.3, 0.4) is 0 Å². The first-order chi connectivity index (χ1) is 9.04. The first-order valence-electron chi connectivity index (χ1n) is 5.81. The zero-order valence-corrected chi connectivity index (χ0v) is 11.3. The highest BCUT2D eigenvalue weighted by atomic mass is 32.1. The number of benzene rings is 1. The predicted octanol–water partition coefficient (Wildman–Crippen LogP) is 4.31. The summed E-state index contributed by atoms with van der Waals surface area (Å²) in [5, 5.41) is 0.699. The van der Waals surface area contributed by atoms with Crippen molar-refractivity contribution < 1.29 is 8.81 Å². The maximum Gasteiger partial charge on any atom is 0.156 e. The Balaban J connectivity index is 2.24. The molecule has 3 rings (SSSR count). The van der Waals surface area contributed by atoms with Crippen molar-refractivity contribution in [2.75, 3.05) is 0 Å². The number of rotatable bonds is 1. The molecule has 5 heteroatoms. The Labute approximate surface area is 114 Å². The van der Waals surface area contributed by atoms with Crippen molar-refractivity contribution in [3.8, 4) is 11.5 Å². The molecule has 0 amide bonds. The molecule has 3 nitrogen and oxygen atoms in total. The lowest BCUT2D eigenvalue weighted by molar-refractivity contribution is 0.617. The van der Waals surface area contributed by atoms with Crippen LogP contribution in [0.25, 0.3) is 22.4 Å². The summed E-state index contributed by atoms with van der Waals surface area (Å²) in [5.41, 5.74) is 2.98. The number of aryl methyl sites for hydroxylation is 2. The number of aromatic amines is 1. The SMILES string of the molecule is Cc1nc(-c2cc3cc(F)ccc3o2)c(=S)[nH]c1C. The van der Waals surface area contributed by atoms with E-state index in [0.717, 1.165) is 11.4 Å². The second kappa shape index (κ2) is 4.28. The number of hydrogen-bond donors (Lipinski definition) is 1. The lowest BCUT2D eigenvalue weighted by Gasteiger charge is -2.02. The van der Waals surface area contributed by atoms with E-state index in [4.69, 9.17) is 16.6 Å². The molecule has 0 aliphatic carbocycles. The molecule has 0 radical (unpaired) electrons. The predicted molar refractivity (Wildman–Crippen MR) is 74.1 cm³/mol. The minimum absolute atomic E-state index is 0.293. The van der Waals surface area contributed by atoms with Crippen LogP contribution < -0.4 is 0 Å². The van der Waals surface area contributed by atoms with Gasteiger partial charge in [0.2, 0.25) is 0 Å². The van der Waals surface area contributed by atoms with Gasteiger partial charge < -0.3 is 9.40 Å². The van der Waals surface area contributed by atoms with Crippen molar-refractivity contribution in [1.29, 1.82) is 0 Å². The molecule has 0 aliphatic rings. The number of fused-ring (bicyclic) bond motifs is 1. The third-order valence-corrected chi connectivity index (χ3v) is 3.35. The van der Waals surface area contributed by atoms with Crippen LogP contribution in [-0.4, -0.2) is 9.97 Å².